The predicted molar refractivity (Wildman–Crippen MR) is 80.1 cm³/mol. The molecular formula is C16H15F2NOS. The summed E-state index contributed by atoms with van der Waals surface area (Å²) < 4.78 is 25.8. The van der Waals surface area contributed by atoms with E-state index in [9.17, 15) is 13.6 Å². The molecule has 0 bridgehead atoms. The van der Waals surface area contributed by atoms with Gasteiger partial charge in [0.05, 0.1) is 11.8 Å². The van der Waals surface area contributed by atoms with E-state index in [1.165, 1.54) is 17.8 Å². The molecule has 0 saturated carbocycles. The van der Waals surface area contributed by atoms with Crippen LogP contribution in [0.2, 0.25) is 0 Å². The Morgan fingerprint density at radius 3 is 2.52 bits per heavy atom. The van der Waals surface area contributed by atoms with Crippen molar-refractivity contribution in [1.29, 1.82) is 0 Å². The van der Waals surface area contributed by atoms with Gasteiger partial charge in [-0.1, -0.05) is 30.3 Å². The third-order valence-corrected chi connectivity index (χ3v) is 3.93. The Labute approximate surface area is 126 Å². The van der Waals surface area contributed by atoms with Crippen molar-refractivity contribution in [3.05, 3.63) is 65.7 Å². The molecule has 0 aliphatic heterocycles. The molecule has 0 unspecified atom stereocenters. The Morgan fingerprint density at radius 1 is 1.14 bits per heavy atom. The SMILES string of the molecule is C[C@@H](NC(=O)CSc1ccc(F)c(F)c1)c1ccccc1. The van der Waals surface area contributed by atoms with Gasteiger partial charge in [-0.2, -0.15) is 0 Å². The van der Waals surface area contributed by atoms with Crippen molar-refractivity contribution in [3.8, 4) is 0 Å². The first kappa shape index (κ1) is 15.5. The van der Waals surface area contributed by atoms with Crippen LogP contribution in [0.5, 0.6) is 0 Å². The molecule has 0 spiro atoms. The fraction of sp³-hybridized carbons (Fsp3) is 0.188. The molecule has 110 valence electrons. The van der Waals surface area contributed by atoms with E-state index in [1.54, 1.807) is 0 Å². The molecule has 0 aliphatic rings. The van der Waals surface area contributed by atoms with E-state index in [1.807, 2.05) is 37.3 Å². The Balaban J connectivity index is 1.86. The van der Waals surface area contributed by atoms with Crippen LogP contribution < -0.4 is 5.32 Å². The van der Waals surface area contributed by atoms with Crippen molar-refractivity contribution in [2.75, 3.05) is 5.75 Å². The van der Waals surface area contributed by atoms with Crippen LogP contribution >= 0.6 is 11.8 Å². The van der Waals surface area contributed by atoms with Crippen molar-refractivity contribution >= 4 is 17.7 Å². The van der Waals surface area contributed by atoms with Crippen LogP contribution in [0.1, 0.15) is 18.5 Å². The highest BCUT2D eigenvalue weighted by Gasteiger charge is 2.10. The second kappa shape index (κ2) is 7.22. The lowest BCUT2D eigenvalue weighted by molar-refractivity contribution is -0.119. The third-order valence-electron chi connectivity index (χ3n) is 2.94. The highest BCUT2D eigenvalue weighted by molar-refractivity contribution is 8.00. The number of benzene rings is 2. The number of hydrogen-bond acceptors (Lipinski definition) is 2. The van der Waals surface area contributed by atoms with Crippen molar-refractivity contribution in [2.45, 2.75) is 17.9 Å². The largest absolute Gasteiger partial charge is 0.349 e. The monoisotopic (exact) mass is 307 g/mol. The van der Waals surface area contributed by atoms with Crippen LogP contribution in [0.4, 0.5) is 8.78 Å². The molecule has 5 heteroatoms. The molecule has 0 heterocycles. The summed E-state index contributed by atoms with van der Waals surface area (Å²) in [6, 6.07) is 13.1. The van der Waals surface area contributed by atoms with E-state index in [4.69, 9.17) is 0 Å². The van der Waals surface area contributed by atoms with E-state index < -0.39 is 11.6 Å². The molecule has 2 aromatic rings. The van der Waals surface area contributed by atoms with Gasteiger partial charge in [0.25, 0.3) is 0 Å². The van der Waals surface area contributed by atoms with E-state index in [2.05, 4.69) is 5.32 Å². The molecule has 0 fully saturated rings. The minimum atomic E-state index is -0.905. The summed E-state index contributed by atoms with van der Waals surface area (Å²) in [5.41, 5.74) is 1.02. The van der Waals surface area contributed by atoms with Crippen molar-refractivity contribution in [1.82, 2.24) is 5.32 Å². The van der Waals surface area contributed by atoms with E-state index in [-0.39, 0.29) is 17.7 Å². The number of carbonyl (C=O) groups is 1. The average molecular weight is 307 g/mol. The van der Waals surface area contributed by atoms with Gasteiger partial charge in [-0.3, -0.25) is 4.79 Å². The number of amides is 1. The molecular weight excluding hydrogens is 292 g/mol. The van der Waals surface area contributed by atoms with Crippen molar-refractivity contribution < 1.29 is 13.6 Å². The molecule has 2 rings (SSSR count). The minimum Gasteiger partial charge on any atom is -0.349 e. The first-order valence-electron chi connectivity index (χ1n) is 6.48. The molecule has 1 N–H and O–H groups in total. The Morgan fingerprint density at radius 2 is 1.86 bits per heavy atom. The number of thioether (sulfide) groups is 1. The zero-order valence-corrected chi connectivity index (χ0v) is 12.3. The fourth-order valence-electron chi connectivity index (χ4n) is 1.82. The van der Waals surface area contributed by atoms with Gasteiger partial charge < -0.3 is 5.32 Å². The van der Waals surface area contributed by atoms with Crippen LogP contribution in [0.3, 0.4) is 0 Å². The molecule has 21 heavy (non-hydrogen) atoms. The molecule has 2 nitrogen and oxygen atoms in total. The predicted octanol–water partition coefficient (Wildman–Crippen LogP) is 3.93. The van der Waals surface area contributed by atoms with Crippen LogP contribution in [0.25, 0.3) is 0 Å². The molecule has 0 aromatic heterocycles. The molecule has 1 amide bonds. The van der Waals surface area contributed by atoms with Gasteiger partial charge in [-0.15, -0.1) is 11.8 Å². The zero-order chi connectivity index (χ0) is 15.2. The molecule has 0 aliphatic carbocycles. The van der Waals surface area contributed by atoms with Gasteiger partial charge in [0, 0.05) is 4.90 Å². The normalized spacial score (nSPS) is 12.0. The summed E-state index contributed by atoms with van der Waals surface area (Å²) in [4.78, 5) is 12.4. The van der Waals surface area contributed by atoms with E-state index in [0.717, 1.165) is 17.7 Å². The topological polar surface area (TPSA) is 29.1 Å². The summed E-state index contributed by atoms with van der Waals surface area (Å²) in [5, 5.41) is 2.86. The van der Waals surface area contributed by atoms with Crippen LogP contribution in [-0.4, -0.2) is 11.7 Å². The first-order chi connectivity index (χ1) is 10.1. The lowest BCUT2D eigenvalue weighted by atomic mass is 10.1. The van der Waals surface area contributed by atoms with Crippen molar-refractivity contribution in [3.63, 3.8) is 0 Å². The lowest BCUT2D eigenvalue weighted by Gasteiger charge is -2.14. The van der Waals surface area contributed by atoms with Gasteiger partial charge >= 0.3 is 0 Å². The number of nitrogens with one attached hydrogen (secondary N) is 1. The number of carbonyl (C=O) groups excluding carboxylic acids is 1. The zero-order valence-electron chi connectivity index (χ0n) is 11.5. The lowest BCUT2D eigenvalue weighted by Crippen LogP contribution is -2.28. The van der Waals surface area contributed by atoms with Gasteiger partial charge in [0.2, 0.25) is 5.91 Å². The summed E-state index contributed by atoms with van der Waals surface area (Å²) in [5.74, 6) is -1.79. The maximum Gasteiger partial charge on any atom is 0.230 e. The van der Waals surface area contributed by atoms with Gasteiger partial charge in [-0.25, -0.2) is 8.78 Å². The highest BCUT2D eigenvalue weighted by atomic mass is 32.2. The summed E-state index contributed by atoms with van der Waals surface area (Å²) >= 11 is 1.17. The van der Waals surface area contributed by atoms with Gasteiger partial charge in [-0.05, 0) is 30.7 Å². The average Bonchev–Trinajstić information content (AvgIpc) is 2.49. The second-order valence-electron chi connectivity index (χ2n) is 4.56. The minimum absolute atomic E-state index is 0.0933. The maximum absolute atomic E-state index is 13.0. The summed E-state index contributed by atoms with van der Waals surface area (Å²) in [6.07, 6.45) is 0. The van der Waals surface area contributed by atoms with Crippen LogP contribution in [0.15, 0.2) is 53.4 Å². The number of hydrogen-bond donors (Lipinski definition) is 1. The Bertz CT molecular complexity index is 619. The van der Waals surface area contributed by atoms with E-state index in [0.29, 0.717) is 4.90 Å². The fourth-order valence-corrected chi connectivity index (χ4v) is 2.56. The van der Waals surface area contributed by atoms with Crippen molar-refractivity contribution in [2.24, 2.45) is 0 Å². The summed E-state index contributed by atoms with van der Waals surface area (Å²) in [7, 11) is 0. The highest BCUT2D eigenvalue weighted by Crippen LogP contribution is 2.20. The standard InChI is InChI=1S/C16H15F2NOS/c1-11(12-5-3-2-4-6-12)19-16(20)10-21-13-7-8-14(17)15(18)9-13/h2-9,11H,10H2,1H3,(H,19,20)/t11-/m1/s1. The van der Waals surface area contributed by atoms with Gasteiger partial charge in [0.1, 0.15) is 0 Å². The molecule has 1 atom stereocenters. The number of halogens is 2. The Hall–Kier alpha value is -1.88. The first-order valence-corrected chi connectivity index (χ1v) is 7.47. The van der Waals surface area contributed by atoms with Gasteiger partial charge in [0.15, 0.2) is 11.6 Å². The van der Waals surface area contributed by atoms with E-state index >= 15 is 0 Å². The molecule has 2 aromatic carbocycles. The quantitative estimate of drug-likeness (QED) is 0.848. The van der Waals surface area contributed by atoms with Crippen LogP contribution in [0, 0.1) is 11.6 Å². The third kappa shape index (κ3) is 4.56. The van der Waals surface area contributed by atoms with Crippen LogP contribution in [-0.2, 0) is 4.79 Å². The second-order valence-corrected chi connectivity index (χ2v) is 5.61. The Kier molecular flexibility index (Phi) is 5.33. The maximum atomic E-state index is 13.0. The smallest absolute Gasteiger partial charge is 0.230 e. The molecule has 0 radical (unpaired) electrons. The summed E-state index contributed by atoms with van der Waals surface area (Å²) in [6.45, 7) is 1.90. The number of rotatable bonds is 5. The molecule has 0 saturated heterocycles.